The van der Waals surface area contributed by atoms with Crippen molar-refractivity contribution < 1.29 is 13.2 Å². The average molecular weight is 422 g/mol. The number of nitrogens with one attached hydrogen (secondary N) is 1. The van der Waals surface area contributed by atoms with E-state index in [9.17, 15) is 13.2 Å². The van der Waals surface area contributed by atoms with E-state index in [2.05, 4.69) is 5.32 Å². The predicted octanol–water partition coefficient (Wildman–Crippen LogP) is 4.48. The molecule has 7 rings (SSSR count). The van der Waals surface area contributed by atoms with Gasteiger partial charge in [-0.05, 0) is 113 Å². The van der Waals surface area contributed by atoms with Gasteiger partial charge in [-0.1, -0.05) is 6.92 Å². The van der Waals surface area contributed by atoms with Gasteiger partial charge in [-0.15, -0.1) is 0 Å². The molecule has 1 N–H and O–H groups in total. The summed E-state index contributed by atoms with van der Waals surface area (Å²) in [5.74, 6) is 4.36. The fraction of sp³-hybridized carbons (Fsp3) is 0.958. The third kappa shape index (κ3) is 3.68. The first-order valence-corrected chi connectivity index (χ1v) is 14.2. The first-order valence-electron chi connectivity index (χ1n) is 12.3. The molecule has 6 bridgehead atoms. The summed E-state index contributed by atoms with van der Waals surface area (Å²) in [6.07, 6.45) is 15.1. The SMILES string of the molecule is CCS(=O)(=O)CCCC12CCC(C(=O)NC3C4CC5CC(C4)CC3C5)(CC1)CC2. The van der Waals surface area contributed by atoms with Gasteiger partial charge in [0.25, 0.3) is 0 Å². The summed E-state index contributed by atoms with van der Waals surface area (Å²) in [5, 5.41) is 3.61. The first kappa shape index (κ1) is 20.3. The van der Waals surface area contributed by atoms with Crippen molar-refractivity contribution in [2.75, 3.05) is 11.5 Å². The Morgan fingerprint density at radius 1 is 0.897 bits per heavy atom. The van der Waals surface area contributed by atoms with Gasteiger partial charge in [-0.25, -0.2) is 8.42 Å². The van der Waals surface area contributed by atoms with E-state index in [0.29, 0.717) is 23.1 Å². The second kappa shape index (κ2) is 7.24. The lowest BCUT2D eigenvalue weighted by molar-refractivity contribution is -0.144. The van der Waals surface area contributed by atoms with Crippen LogP contribution in [0.15, 0.2) is 0 Å². The second-order valence-electron chi connectivity index (χ2n) is 11.6. The molecule has 0 heterocycles. The standard InChI is InChI=1S/C24H39NO3S/c1-2-29(27,28)11-3-4-23-5-8-24(9-6-23,10-7-23)22(26)25-21-19-13-17-12-18(15-19)16-20(21)14-17/h17-21H,2-16H2,1H3,(H,25,26). The lowest BCUT2D eigenvalue weighted by Gasteiger charge is -2.56. The Kier molecular flexibility index (Phi) is 5.07. The topological polar surface area (TPSA) is 63.2 Å². The van der Waals surface area contributed by atoms with Gasteiger partial charge in [-0.3, -0.25) is 4.79 Å². The minimum absolute atomic E-state index is 0.119. The second-order valence-corrected chi connectivity index (χ2v) is 14.0. The molecule has 0 aromatic rings. The van der Waals surface area contributed by atoms with E-state index in [1.807, 2.05) is 0 Å². The summed E-state index contributed by atoms with van der Waals surface area (Å²) in [4.78, 5) is 13.5. The minimum atomic E-state index is -2.86. The maximum absolute atomic E-state index is 13.5. The zero-order valence-corrected chi connectivity index (χ0v) is 18.9. The molecule has 7 fully saturated rings. The Morgan fingerprint density at radius 3 is 1.97 bits per heavy atom. The zero-order chi connectivity index (χ0) is 20.3. The molecule has 0 atom stereocenters. The van der Waals surface area contributed by atoms with Gasteiger partial charge in [0.15, 0.2) is 0 Å². The first-order chi connectivity index (χ1) is 13.8. The minimum Gasteiger partial charge on any atom is -0.352 e. The Morgan fingerprint density at radius 2 is 1.45 bits per heavy atom. The van der Waals surface area contributed by atoms with Crippen molar-refractivity contribution in [3.05, 3.63) is 0 Å². The molecule has 0 unspecified atom stereocenters. The van der Waals surface area contributed by atoms with Crippen molar-refractivity contribution in [3.8, 4) is 0 Å². The van der Waals surface area contributed by atoms with Gasteiger partial charge >= 0.3 is 0 Å². The molecule has 164 valence electrons. The number of rotatable bonds is 7. The molecule has 0 aliphatic heterocycles. The van der Waals surface area contributed by atoms with Crippen molar-refractivity contribution in [2.24, 2.45) is 34.5 Å². The van der Waals surface area contributed by atoms with Crippen LogP contribution in [0.2, 0.25) is 0 Å². The quantitative estimate of drug-likeness (QED) is 0.659. The largest absolute Gasteiger partial charge is 0.352 e. The highest BCUT2D eigenvalue weighted by Crippen LogP contribution is 2.59. The van der Waals surface area contributed by atoms with Crippen LogP contribution >= 0.6 is 0 Å². The molecule has 4 nitrogen and oxygen atoms in total. The maximum atomic E-state index is 13.5. The van der Waals surface area contributed by atoms with E-state index in [0.717, 1.165) is 75.0 Å². The summed E-state index contributed by atoms with van der Waals surface area (Å²) < 4.78 is 23.7. The normalized spacial score (nSPS) is 45.5. The molecule has 0 spiro atoms. The van der Waals surface area contributed by atoms with Gasteiger partial charge in [-0.2, -0.15) is 0 Å². The molecule has 0 saturated heterocycles. The number of carbonyl (C=O) groups excluding carboxylic acids is 1. The summed E-state index contributed by atoms with van der Waals surface area (Å²) in [5.41, 5.74) is 0.194. The van der Waals surface area contributed by atoms with Gasteiger partial charge in [0.1, 0.15) is 9.84 Å². The number of carbonyl (C=O) groups is 1. The van der Waals surface area contributed by atoms with Gasteiger partial charge in [0.05, 0.1) is 5.75 Å². The Bertz CT molecular complexity index is 706. The van der Waals surface area contributed by atoms with Crippen LogP contribution in [0.3, 0.4) is 0 Å². The predicted molar refractivity (Wildman–Crippen MR) is 115 cm³/mol. The summed E-state index contributed by atoms with van der Waals surface area (Å²) >= 11 is 0. The molecular weight excluding hydrogens is 382 g/mol. The summed E-state index contributed by atoms with van der Waals surface area (Å²) in [7, 11) is -2.86. The average Bonchev–Trinajstić information content (AvgIpc) is 2.71. The van der Waals surface area contributed by atoms with Crippen LogP contribution in [-0.4, -0.2) is 31.9 Å². The van der Waals surface area contributed by atoms with Crippen LogP contribution < -0.4 is 5.32 Å². The third-order valence-electron chi connectivity index (χ3n) is 10.0. The molecule has 7 saturated carbocycles. The zero-order valence-electron chi connectivity index (χ0n) is 18.1. The van der Waals surface area contributed by atoms with Crippen molar-refractivity contribution in [2.45, 2.75) is 96.4 Å². The van der Waals surface area contributed by atoms with Crippen molar-refractivity contribution >= 4 is 15.7 Å². The van der Waals surface area contributed by atoms with Crippen LogP contribution in [-0.2, 0) is 14.6 Å². The molecule has 0 aromatic heterocycles. The number of amides is 1. The van der Waals surface area contributed by atoms with E-state index < -0.39 is 9.84 Å². The Balaban J connectivity index is 1.17. The fourth-order valence-electron chi connectivity index (χ4n) is 8.26. The summed E-state index contributed by atoms with van der Waals surface area (Å²) in [6.45, 7) is 1.74. The third-order valence-corrected chi connectivity index (χ3v) is 11.8. The molecule has 5 heteroatoms. The van der Waals surface area contributed by atoms with Crippen molar-refractivity contribution in [1.82, 2.24) is 5.32 Å². The molecule has 0 radical (unpaired) electrons. The van der Waals surface area contributed by atoms with Crippen LogP contribution in [0.4, 0.5) is 0 Å². The molecule has 29 heavy (non-hydrogen) atoms. The fourth-order valence-corrected chi connectivity index (χ4v) is 9.13. The van der Waals surface area contributed by atoms with Crippen LogP contribution in [0.5, 0.6) is 0 Å². The van der Waals surface area contributed by atoms with Gasteiger partial charge < -0.3 is 5.32 Å². The van der Waals surface area contributed by atoms with E-state index in [-0.39, 0.29) is 11.2 Å². The number of fused-ring (bicyclic) bond motifs is 3. The monoisotopic (exact) mass is 421 g/mol. The number of hydrogen-bond acceptors (Lipinski definition) is 3. The summed E-state index contributed by atoms with van der Waals surface area (Å²) in [6, 6.07) is 0.456. The van der Waals surface area contributed by atoms with Crippen molar-refractivity contribution in [3.63, 3.8) is 0 Å². The molecule has 7 aliphatic carbocycles. The maximum Gasteiger partial charge on any atom is 0.226 e. The number of hydrogen-bond donors (Lipinski definition) is 1. The molecule has 1 amide bonds. The number of sulfone groups is 1. The lowest BCUT2D eigenvalue weighted by Crippen LogP contribution is -2.59. The Labute approximate surface area is 176 Å². The molecule has 7 aliphatic rings. The van der Waals surface area contributed by atoms with Crippen LogP contribution in [0, 0.1) is 34.5 Å². The highest BCUT2D eigenvalue weighted by Gasteiger charge is 2.54. The van der Waals surface area contributed by atoms with E-state index in [4.69, 9.17) is 0 Å². The van der Waals surface area contributed by atoms with E-state index in [1.165, 1.54) is 32.1 Å². The van der Waals surface area contributed by atoms with E-state index in [1.54, 1.807) is 6.92 Å². The van der Waals surface area contributed by atoms with Gasteiger partial charge in [0.2, 0.25) is 5.91 Å². The van der Waals surface area contributed by atoms with Gasteiger partial charge in [0, 0.05) is 17.2 Å². The smallest absolute Gasteiger partial charge is 0.226 e. The van der Waals surface area contributed by atoms with Crippen LogP contribution in [0.25, 0.3) is 0 Å². The highest BCUT2D eigenvalue weighted by atomic mass is 32.2. The van der Waals surface area contributed by atoms with E-state index >= 15 is 0 Å². The highest BCUT2D eigenvalue weighted by molar-refractivity contribution is 7.91. The lowest BCUT2D eigenvalue weighted by atomic mass is 9.51. The van der Waals surface area contributed by atoms with Crippen LogP contribution in [0.1, 0.15) is 90.4 Å². The van der Waals surface area contributed by atoms with Crippen molar-refractivity contribution in [1.29, 1.82) is 0 Å². The molecule has 0 aromatic carbocycles. The molecular formula is C24H39NO3S. The Hall–Kier alpha value is -0.580.